The molecule has 1 aromatic carbocycles. The predicted octanol–water partition coefficient (Wildman–Crippen LogP) is 1.85. The van der Waals surface area contributed by atoms with Gasteiger partial charge in [0.15, 0.2) is 0 Å². The van der Waals surface area contributed by atoms with Gasteiger partial charge in [-0.15, -0.1) is 10.2 Å². The normalized spacial score (nSPS) is 11.6. The van der Waals surface area contributed by atoms with Crippen LogP contribution in [0.25, 0.3) is 16.6 Å². The Morgan fingerprint density at radius 1 is 1.50 bits per heavy atom. The number of allylic oxidation sites excluding steroid dienone is 1. The van der Waals surface area contributed by atoms with Crippen LogP contribution in [0.3, 0.4) is 0 Å². The number of nitriles is 1. The van der Waals surface area contributed by atoms with Crippen LogP contribution in [0.5, 0.6) is 0 Å². The van der Waals surface area contributed by atoms with Gasteiger partial charge in [-0.3, -0.25) is 0 Å². The van der Waals surface area contributed by atoms with E-state index in [9.17, 15) is 0 Å². The number of nitrogens with one attached hydrogen (secondary N) is 2. The first-order valence-electron chi connectivity index (χ1n) is 6.80. The first-order valence-corrected chi connectivity index (χ1v) is 6.80. The molecule has 22 heavy (non-hydrogen) atoms. The minimum atomic E-state index is 0.252. The van der Waals surface area contributed by atoms with Gasteiger partial charge in [0, 0.05) is 18.4 Å². The van der Waals surface area contributed by atoms with Gasteiger partial charge in [0.2, 0.25) is 5.82 Å². The second-order valence-corrected chi connectivity index (χ2v) is 4.66. The third-order valence-corrected chi connectivity index (χ3v) is 3.35. The van der Waals surface area contributed by atoms with Crippen molar-refractivity contribution in [1.82, 2.24) is 30.2 Å². The minimum Gasteiger partial charge on any atom is -0.360 e. The van der Waals surface area contributed by atoms with Crippen LogP contribution < -0.4 is 5.32 Å². The number of benzene rings is 1. The van der Waals surface area contributed by atoms with Gasteiger partial charge in [-0.25, -0.2) is 4.98 Å². The fraction of sp³-hybridized carbons (Fsp3) is 0.214. The van der Waals surface area contributed by atoms with Crippen LogP contribution in [0.2, 0.25) is 0 Å². The maximum atomic E-state index is 9.12. The van der Waals surface area contributed by atoms with E-state index in [0.29, 0.717) is 5.57 Å². The van der Waals surface area contributed by atoms with Crippen LogP contribution in [-0.2, 0) is 6.54 Å². The van der Waals surface area contributed by atoms with E-state index in [0.717, 1.165) is 29.1 Å². The van der Waals surface area contributed by atoms with Crippen molar-refractivity contribution in [3.05, 3.63) is 36.0 Å². The maximum Gasteiger partial charge on any atom is 0.216 e. The quantitative estimate of drug-likeness (QED) is 0.711. The number of aryl methyl sites for hydroxylation is 2. The molecule has 8 nitrogen and oxygen atoms in total. The molecule has 0 aliphatic carbocycles. The molecule has 2 heterocycles. The molecule has 0 atom stereocenters. The monoisotopic (exact) mass is 294 g/mol. The van der Waals surface area contributed by atoms with Crippen molar-refractivity contribution < 1.29 is 0 Å². The molecule has 0 saturated carbocycles. The van der Waals surface area contributed by atoms with Crippen LogP contribution in [0, 0.1) is 18.3 Å². The van der Waals surface area contributed by atoms with Crippen molar-refractivity contribution in [3.8, 4) is 6.07 Å². The fourth-order valence-corrected chi connectivity index (χ4v) is 2.32. The zero-order chi connectivity index (χ0) is 15.5. The number of hydrogen-bond donors (Lipinski definition) is 2. The second kappa shape index (κ2) is 5.65. The highest BCUT2D eigenvalue weighted by molar-refractivity contribution is 5.81. The number of H-pyrrole nitrogens is 1. The van der Waals surface area contributed by atoms with Gasteiger partial charge in [0.1, 0.15) is 17.5 Å². The molecule has 3 aromatic rings. The smallest absolute Gasteiger partial charge is 0.216 e. The lowest BCUT2D eigenvalue weighted by Gasteiger charge is -2.03. The first-order chi connectivity index (χ1) is 10.7. The molecule has 3 rings (SSSR count). The second-order valence-electron chi connectivity index (χ2n) is 4.66. The van der Waals surface area contributed by atoms with Gasteiger partial charge < -0.3 is 9.88 Å². The molecule has 0 aliphatic heterocycles. The Bertz CT molecular complexity index is 866. The summed E-state index contributed by atoms with van der Waals surface area (Å²) in [6.45, 7) is 4.96. The fourth-order valence-electron chi connectivity index (χ4n) is 2.32. The summed E-state index contributed by atoms with van der Waals surface area (Å²) in [6.07, 6.45) is 1.55. The van der Waals surface area contributed by atoms with Gasteiger partial charge in [-0.05, 0) is 37.3 Å². The van der Waals surface area contributed by atoms with E-state index in [4.69, 9.17) is 5.26 Å². The van der Waals surface area contributed by atoms with Crippen molar-refractivity contribution >= 4 is 22.3 Å². The zero-order valence-electron chi connectivity index (χ0n) is 12.2. The van der Waals surface area contributed by atoms with Crippen LogP contribution >= 0.6 is 0 Å². The van der Waals surface area contributed by atoms with Crippen LogP contribution in [0.15, 0.2) is 24.4 Å². The zero-order valence-corrected chi connectivity index (χ0v) is 12.2. The number of fused-ring (bicyclic) bond motifs is 1. The molecule has 0 bridgehead atoms. The van der Waals surface area contributed by atoms with E-state index in [1.807, 2.05) is 31.2 Å². The Morgan fingerprint density at radius 3 is 3.05 bits per heavy atom. The van der Waals surface area contributed by atoms with Gasteiger partial charge in [0.05, 0.1) is 11.0 Å². The Kier molecular flexibility index (Phi) is 3.53. The Labute approximate surface area is 126 Å². The van der Waals surface area contributed by atoms with E-state index < -0.39 is 0 Å². The average molecular weight is 294 g/mol. The Balaban J connectivity index is 1.90. The number of aromatic amines is 1. The number of nitrogens with zero attached hydrogens (tertiary/aromatic N) is 6. The summed E-state index contributed by atoms with van der Waals surface area (Å²) < 4.78 is 2.15. The largest absolute Gasteiger partial charge is 0.360 e. The molecule has 0 saturated heterocycles. The highest BCUT2D eigenvalue weighted by Gasteiger charge is 2.08. The summed E-state index contributed by atoms with van der Waals surface area (Å²) in [7, 11) is 0. The van der Waals surface area contributed by atoms with E-state index in [1.54, 1.807) is 6.20 Å². The van der Waals surface area contributed by atoms with E-state index in [-0.39, 0.29) is 5.82 Å². The van der Waals surface area contributed by atoms with Gasteiger partial charge in [-0.2, -0.15) is 10.5 Å². The molecule has 2 N–H and O–H groups in total. The lowest BCUT2D eigenvalue weighted by atomic mass is 10.2. The van der Waals surface area contributed by atoms with Crippen LogP contribution in [0.4, 0.5) is 5.69 Å². The van der Waals surface area contributed by atoms with Crippen LogP contribution in [0.1, 0.15) is 18.6 Å². The Morgan fingerprint density at radius 2 is 2.36 bits per heavy atom. The van der Waals surface area contributed by atoms with Crippen molar-refractivity contribution in [2.24, 2.45) is 0 Å². The number of imidazole rings is 1. The molecule has 2 aromatic heterocycles. The topological polar surface area (TPSA) is 108 Å². The summed E-state index contributed by atoms with van der Waals surface area (Å²) in [5.41, 5.74) is 3.14. The summed E-state index contributed by atoms with van der Waals surface area (Å²) >= 11 is 0. The van der Waals surface area contributed by atoms with E-state index >= 15 is 0 Å². The molecule has 0 amide bonds. The SMILES string of the molecule is CCn1c(C)nc2cc(NC=C(C#N)c3nn[nH]n3)ccc21. The van der Waals surface area contributed by atoms with Gasteiger partial charge >= 0.3 is 0 Å². The van der Waals surface area contributed by atoms with Crippen molar-refractivity contribution in [2.75, 3.05) is 5.32 Å². The lowest BCUT2D eigenvalue weighted by molar-refractivity contribution is 0.753. The number of aromatic nitrogens is 6. The number of tetrazole rings is 1. The molecule has 110 valence electrons. The van der Waals surface area contributed by atoms with Gasteiger partial charge in [-0.1, -0.05) is 0 Å². The van der Waals surface area contributed by atoms with E-state index in [1.165, 1.54) is 0 Å². The van der Waals surface area contributed by atoms with Crippen molar-refractivity contribution in [1.29, 1.82) is 5.26 Å². The van der Waals surface area contributed by atoms with E-state index in [2.05, 4.69) is 42.4 Å². The average Bonchev–Trinajstić information content (AvgIpc) is 3.14. The molecule has 0 aliphatic rings. The summed E-state index contributed by atoms with van der Waals surface area (Å²) in [5, 5.41) is 25.5. The predicted molar refractivity (Wildman–Crippen MR) is 81.5 cm³/mol. The summed E-state index contributed by atoms with van der Waals surface area (Å²) in [5.74, 6) is 1.23. The molecular weight excluding hydrogens is 280 g/mol. The third kappa shape index (κ3) is 2.40. The van der Waals surface area contributed by atoms with Crippen LogP contribution in [-0.4, -0.2) is 30.2 Å². The van der Waals surface area contributed by atoms with Crippen molar-refractivity contribution in [3.63, 3.8) is 0 Å². The highest BCUT2D eigenvalue weighted by Crippen LogP contribution is 2.21. The number of rotatable bonds is 4. The molecule has 0 radical (unpaired) electrons. The minimum absolute atomic E-state index is 0.252. The lowest BCUT2D eigenvalue weighted by Crippen LogP contribution is -1.96. The molecule has 0 fully saturated rings. The standard InChI is InChI=1S/C14H14N8/c1-3-22-9(2)17-12-6-11(4-5-13(12)22)16-8-10(7-15)14-18-20-21-19-14/h4-6,8,16H,3H2,1-2H3,(H,18,19,20,21). The summed E-state index contributed by atoms with van der Waals surface area (Å²) in [6, 6.07) is 7.92. The van der Waals surface area contributed by atoms with Crippen molar-refractivity contribution in [2.45, 2.75) is 20.4 Å². The molecule has 0 unspecified atom stereocenters. The number of hydrogen-bond acceptors (Lipinski definition) is 6. The molecule has 0 spiro atoms. The first kappa shape index (κ1) is 13.8. The molecular formula is C14H14N8. The Hall–Kier alpha value is -3.21. The third-order valence-electron chi connectivity index (χ3n) is 3.35. The number of anilines is 1. The molecule has 8 heteroatoms. The van der Waals surface area contributed by atoms with Gasteiger partial charge in [0.25, 0.3) is 0 Å². The summed E-state index contributed by atoms with van der Waals surface area (Å²) in [4.78, 5) is 4.54. The maximum absolute atomic E-state index is 9.12. The highest BCUT2D eigenvalue weighted by atomic mass is 15.5.